The highest BCUT2D eigenvalue weighted by molar-refractivity contribution is 5.77. The van der Waals surface area contributed by atoms with Gasteiger partial charge in [-0.2, -0.15) is 0 Å². The maximum absolute atomic E-state index is 10.7. The summed E-state index contributed by atoms with van der Waals surface area (Å²) in [6.45, 7) is 1.38. The first-order valence-corrected chi connectivity index (χ1v) is 4.41. The molecule has 0 aliphatic heterocycles. The Labute approximate surface area is 83.1 Å². The zero-order valence-corrected chi connectivity index (χ0v) is 7.99. The Bertz CT molecular complexity index is 308. The van der Waals surface area contributed by atoms with Crippen LogP contribution in [0.3, 0.4) is 0 Å². The Kier molecular flexibility index (Phi) is 3.85. The quantitative estimate of drug-likeness (QED) is 0.764. The SMILES string of the molecule is CC(=O)NC([C]=O)Cc1ccccc1. The van der Waals surface area contributed by atoms with Gasteiger partial charge in [0, 0.05) is 13.3 Å². The predicted molar refractivity (Wildman–Crippen MR) is 53.4 cm³/mol. The fourth-order valence-corrected chi connectivity index (χ4v) is 1.22. The van der Waals surface area contributed by atoms with E-state index in [0.29, 0.717) is 6.42 Å². The molecule has 1 radical (unpaired) electrons. The number of hydrogen-bond acceptors (Lipinski definition) is 2. The molecule has 0 heterocycles. The van der Waals surface area contributed by atoms with E-state index < -0.39 is 6.04 Å². The normalized spacial score (nSPS) is 11.8. The number of hydrogen-bond donors (Lipinski definition) is 1. The number of carbonyl (C=O) groups is 1. The average Bonchev–Trinajstić information content (AvgIpc) is 2.17. The lowest BCUT2D eigenvalue weighted by Crippen LogP contribution is -2.35. The van der Waals surface area contributed by atoms with Crippen molar-refractivity contribution in [3.63, 3.8) is 0 Å². The largest absolute Gasteiger partial charge is 0.346 e. The second-order valence-corrected chi connectivity index (χ2v) is 3.06. The van der Waals surface area contributed by atoms with Gasteiger partial charge in [-0.3, -0.25) is 9.59 Å². The monoisotopic (exact) mass is 190 g/mol. The number of benzene rings is 1. The molecule has 3 heteroatoms. The van der Waals surface area contributed by atoms with Crippen molar-refractivity contribution in [3.05, 3.63) is 35.9 Å². The van der Waals surface area contributed by atoms with Gasteiger partial charge in [0.2, 0.25) is 12.2 Å². The lowest BCUT2D eigenvalue weighted by molar-refractivity contribution is -0.119. The molecule has 1 N–H and O–H groups in total. The second kappa shape index (κ2) is 5.17. The second-order valence-electron chi connectivity index (χ2n) is 3.06. The van der Waals surface area contributed by atoms with Crippen molar-refractivity contribution < 1.29 is 9.59 Å². The summed E-state index contributed by atoms with van der Waals surface area (Å²) >= 11 is 0. The Hall–Kier alpha value is -1.64. The molecule has 0 aliphatic rings. The highest BCUT2D eigenvalue weighted by atomic mass is 16.2. The van der Waals surface area contributed by atoms with Crippen LogP contribution in [0.15, 0.2) is 30.3 Å². The van der Waals surface area contributed by atoms with Crippen LogP contribution in [-0.4, -0.2) is 18.2 Å². The van der Waals surface area contributed by atoms with E-state index in [0.717, 1.165) is 5.56 Å². The molecule has 0 aliphatic carbocycles. The summed E-state index contributed by atoms with van der Waals surface area (Å²) in [4.78, 5) is 21.2. The first kappa shape index (κ1) is 10.4. The topological polar surface area (TPSA) is 46.2 Å². The summed E-state index contributed by atoms with van der Waals surface area (Å²) in [5.74, 6) is -0.214. The van der Waals surface area contributed by atoms with Crippen molar-refractivity contribution in [2.24, 2.45) is 0 Å². The van der Waals surface area contributed by atoms with Crippen LogP contribution in [-0.2, 0) is 16.0 Å². The fourth-order valence-electron chi connectivity index (χ4n) is 1.22. The first-order chi connectivity index (χ1) is 6.72. The van der Waals surface area contributed by atoms with Crippen LogP contribution >= 0.6 is 0 Å². The van der Waals surface area contributed by atoms with Gasteiger partial charge in [-0.25, -0.2) is 0 Å². The van der Waals surface area contributed by atoms with E-state index in [1.54, 1.807) is 6.29 Å². The third-order valence-electron chi connectivity index (χ3n) is 1.80. The molecule has 1 atom stereocenters. The van der Waals surface area contributed by atoms with Crippen molar-refractivity contribution in [1.82, 2.24) is 5.32 Å². The van der Waals surface area contributed by atoms with Crippen molar-refractivity contribution in [2.45, 2.75) is 19.4 Å². The summed E-state index contributed by atoms with van der Waals surface area (Å²) < 4.78 is 0. The van der Waals surface area contributed by atoms with Crippen LogP contribution in [0.4, 0.5) is 0 Å². The Morgan fingerprint density at radius 1 is 1.43 bits per heavy atom. The molecule has 1 rings (SSSR count). The number of carbonyl (C=O) groups excluding carboxylic acids is 2. The van der Waals surface area contributed by atoms with Crippen LogP contribution in [0.2, 0.25) is 0 Å². The molecule has 1 aromatic rings. The third kappa shape index (κ3) is 3.39. The molecule has 1 unspecified atom stereocenters. The molecule has 3 nitrogen and oxygen atoms in total. The smallest absolute Gasteiger partial charge is 0.223 e. The van der Waals surface area contributed by atoms with Crippen molar-refractivity contribution >= 4 is 12.2 Å². The standard InChI is InChI=1S/C11H12NO2/c1-9(14)12-11(8-13)7-10-5-3-2-4-6-10/h2-6,11H,7H2,1H3,(H,12,14). The Morgan fingerprint density at radius 2 is 2.07 bits per heavy atom. The molecule has 0 bridgehead atoms. The van der Waals surface area contributed by atoms with Gasteiger partial charge >= 0.3 is 0 Å². The lowest BCUT2D eigenvalue weighted by Gasteiger charge is -2.09. The van der Waals surface area contributed by atoms with Crippen molar-refractivity contribution in [1.29, 1.82) is 0 Å². The maximum atomic E-state index is 10.7. The highest BCUT2D eigenvalue weighted by Gasteiger charge is 2.09. The van der Waals surface area contributed by atoms with E-state index in [1.165, 1.54) is 6.92 Å². The van der Waals surface area contributed by atoms with E-state index in [1.807, 2.05) is 30.3 Å². The van der Waals surface area contributed by atoms with Crippen molar-refractivity contribution in [2.75, 3.05) is 0 Å². The van der Waals surface area contributed by atoms with Crippen molar-refractivity contribution in [3.8, 4) is 0 Å². The molecular weight excluding hydrogens is 178 g/mol. The van der Waals surface area contributed by atoms with Crippen LogP contribution in [0.5, 0.6) is 0 Å². The Morgan fingerprint density at radius 3 is 2.57 bits per heavy atom. The fraction of sp³-hybridized carbons (Fsp3) is 0.273. The summed E-state index contributed by atoms with van der Waals surface area (Å²) in [6.07, 6.45) is 2.29. The van der Waals surface area contributed by atoms with Gasteiger partial charge in [-0.15, -0.1) is 0 Å². The molecule has 73 valence electrons. The van der Waals surface area contributed by atoms with Gasteiger partial charge in [-0.05, 0) is 5.56 Å². The molecule has 0 saturated heterocycles. The molecule has 1 aromatic carbocycles. The molecule has 14 heavy (non-hydrogen) atoms. The summed E-state index contributed by atoms with van der Waals surface area (Å²) in [5.41, 5.74) is 1.01. The van der Waals surface area contributed by atoms with Gasteiger partial charge in [0.05, 0.1) is 6.04 Å². The third-order valence-corrected chi connectivity index (χ3v) is 1.80. The van der Waals surface area contributed by atoms with Gasteiger partial charge in [0.25, 0.3) is 0 Å². The van der Waals surface area contributed by atoms with E-state index in [9.17, 15) is 9.59 Å². The lowest BCUT2D eigenvalue weighted by atomic mass is 10.1. The summed E-state index contributed by atoms with van der Waals surface area (Å²) in [7, 11) is 0. The zero-order valence-electron chi connectivity index (χ0n) is 7.99. The van der Waals surface area contributed by atoms with Gasteiger partial charge in [0.1, 0.15) is 0 Å². The minimum atomic E-state index is -0.546. The van der Waals surface area contributed by atoms with Crippen LogP contribution in [0.25, 0.3) is 0 Å². The van der Waals surface area contributed by atoms with Gasteiger partial charge in [-0.1, -0.05) is 30.3 Å². The van der Waals surface area contributed by atoms with Crippen LogP contribution < -0.4 is 5.32 Å². The average molecular weight is 190 g/mol. The minimum Gasteiger partial charge on any atom is -0.346 e. The molecule has 0 spiro atoms. The van der Waals surface area contributed by atoms with E-state index >= 15 is 0 Å². The molecule has 1 amide bonds. The van der Waals surface area contributed by atoms with Crippen LogP contribution in [0, 0.1) is 0 Å². The molecule has 0 fully saturated rings. The van der Waals surface area contributed by atoms with E-state index in [4.69, 9.17) is 0 Å². The number of rotatable bonds is 4. The summed E-state index contributed by atoms with van der Waals surface area (Å²) in [5, 5.41) is 2.52. The zero-order chi connectivity index (χ0) is 10.4. The molecule has 0 saturated carbocycles. The van der Waals surface area contributed by atoms with E-state index in [2.05, 4.69) is 5.32 Å². The highest BCUT2D eigenvalue weighted by Crippen LogP contribution is 2.01. The minimum absolute atomic E-state index is 0.214. The summed E-state index contributed by atoms with van der Waals surface area (Å²) in [6, 6.07) is 8.96. The number of nitrogens with one attached hydrogen (secondary N) is 1. The van der Waals surface area contributed by atoms with Crippen LogP contribution in [0.1, 0.15) is 12.5 Å². The predicted octanol–water partition coefficient (Wildman–Crippen LogP) is 0.843. The van der Waals surface area contributed by atoms with E-state index in [-0.39, 0.29) is 5.91 Å². The van der Waals surface area contributed by atoms with Gasteiger partial charge < -0.3 is 5.32 Å². The number of amides is 1. The molecule has 0 aromatic heterocycles. The Balaban J connectivity index is 2.57. The first-order valence-electron chi connectivity index (χ1n) is 4.41. The molecular formula is C11H12NO2. The van der Waals surface area contributed by atoms with Gasteiger partial charge in [0.15, 0.2) is 0 Å². The maximum Gasteiger partial charge on any atom is 0.223 e.